The number of nitrogens with two attached hydrogens (primary N) is 1. The molecular formula is C10H21Cl2N3O. The second-order valence-corrected chi connectivity index (χ2v) is 4.15. The van der Waals surface area contributed by atoms with Crippen LogP contribution in [0.5, 0.6) is 0 Å². The number of hydrogen-bond donors (Lipinski definition) is 1. The highest BCUT2D eigenvalue weighted by molar-refractivity contribution is 6.00. The Hall–Kier alpha value is -0.320. The Balaban J connectivity index is 0. The van der Waals surface area contributed by atoms with Crippen LogP contribution in [-0.4, -0.2) is 35.8 Å². The summed E-state index contributed by atoms with van der Waals surface area (Å²) in [5.41, 5.74) is 5.81. The summed E-state index contributed by atoms with van der Waals surface area (Å²) in [7, 11) is 0. The normalized spacial score (nSPS) is 16.3. The van der Waals surface area contributed by atoms with E-state index in [1.807, 2.05) is 6.92 Å². The Labute approximate surface area is 109 Å². The highest BCUT2D eigenvalue weighted by Crippen LogP contribution is 2.09. The lowest BCUT2D eigenvalue weighted by Gasteiger charge is -2.21. The summed E-state index contributed by atoms with van der Waals surface area (Å²) in [6.07, 6.45) is 0.739. The van der Waals surface area contributed by atoms with Gasteiger partial charge < -0.3 is 5.73 Å². The van der Waals surface area contributed by atoms with E-state index in [0.717, 1.165) is 12.3 Å². The largest absolute Gasteiger partial charge is 0.320 e. The summed E-state index contributed by atoms with van der Waals surface area (Å²) in [6.45, 7) is 7.39. The zero-order valence-corrected chi connectivity index (χ0v) is 11.6. The molecule has 0 saturated carbocycles. The van der Waals surface area contributed by atoms with Gasteiger partial charge in [0, 0.05) is 6.54 Å². The first-order valence-corrected chi connectivity index (χ1v) is 5.10. The number of carbonyl (C=O) groups excluding carboxylic acids is 1. The number of aliphatic imine (C=N–C) groups is 1. The lowest BCUT2D eigenvalue weighted by atomic mass is 10.0. The van der Waals surface area contributed by atoms with Crippen molar-refractivity contribution in [1.82, 2.24) is 4.90 Å². The zero-order valence-electron chi connectivity index (χ0n) is 9.97. The molecule has 6 heteroatoms. The molecule has 1 heterocycles. The Morgan fingerprint density at radius 1 is 1.50 bits per heavy atom. The molecule has 0 unspecified atom stereocenters. The smallest absolute Gasteiger partial charge is 0.244 e. The fourth-order valence-electron chi connectivity index (χ4n) is 1.64. The van der Waals surface area contributed by atoms with Crippen molar-refractivity contribution in [2.24, 2.45) is 16.6 Å². The van der Waals surface area contributed by atoms with Crippen molar-refractivity contribution in [1.29, 1.82) is 0 Å². The average molecular weight is 270 g/mol. The number of halogens is 2. The van der Waals surface area contributed by atoms with E-state index in [1.165, 1.54) is 0 Å². The number of hydrogen-bond acceptors (Lipinski definition) is 3. The van der Waals surface area contributed by atoms with Crippen molar-refractivity contribution >= 4 is 36.6 Å². The summed E-state index contributed by atoms with van der Waals surface area (Å²) < 4.78 is 0. The second-order valence-electron chi connectivity index (χ2n) is 4.15. The SMILES string of the molecule is CC1=NCCN1C(=O)[C@@H](N)CC(C)C.Cl.Cl. The standard InChI is InChI=1S/C10H19N3O.2ClH/c1-7(2)6-9(11)10(14)13-5-4-12-8(13)3;;/h7,9H,4-6,11H2,1-3H3;2*1H/t9-;;/m0../s1. The minimum Gasteiger partial charge on any atom is -0.320 e. The van der Waals surface area contributed by atoms with Gasteiger partial charge in [-0.3, -0.25) is 14.7 Å². The van der Waals surface area contributed by atoms with Crippen LogP contribution in [0.2, 0.25) is 0 Å². The third kappa shape index (κ3) is 4.68. The van der Waals surface area contributed by atoms with E-state index in [1.54, 1.807) is 4.90 Å². The van der Waals surface area contributed by atoms with Crippen molar-refractivity contribution in [2.75, 3.05) is 13.1 Å². The van der Waals surface area contributed by atoms with E-state index in [4.69, 9.17) is 5.73 Å². The predicted molar refractivity (Wildman–Crippen MR) is 71.6 cm³/mol. The van der Waals surface area contributed by atoms with Gasteiger partial charge in [0.1, 0.15) is 5.84 Å². The molecule has 0 aromatic carbocycles. The van der Waals surface area contributed by atoms with Gasteiger partial charge >= 0.3 is 0 Å². The second kappa shape index (κ2) is 7.87. The van der Waals surface area contributed by atoms with Gasteiger partial charge in [-0.05, 0) is 19.3 Å². The fraction of sp³-hybridized carbons (Fsp3) is 0.800. The maximum atomic E-state index is 11.8. The number of amidine groups is 1. The monoisotopic (exact) mass is 269 g/mol. The minimum atomic E-state index is -0.377. The molecule has 96 valence electrons. The van der Waals surface area contributed by atoms with Gasteiger partial charge in [-0.15, -0.1) is 24.8 Å². The predicted octanol–water partition coefficient (Wildman–Crippen LogP) is 1.46. The van der Waals surface area contributed by atoms with Crippen LogP contribution in [0, 0.1) is 5.92 Å². The van der Waals surface area contributed by atoms with Crippen molar-refractivity contribution in [3.8, 4) is 0 Å². The zero-order chi connectivity index (χ0) is 10.7. The van der Waals surface area contributed by atoms with Gasteiger partial charge in [-0.1, -0.05) is 13.8 Å². The van der Waals surface area contributed by atoms with E-state index >= 15 is 0 Å². The highest BCUT2D eigenvalue weighted by Gasteiger charge is 2.25. The van der Waals surface area contributed by atoms with Gasteiger partial charge in [0.05, 0.1) is 12.6 Å². The Kier molecular flexibility index (Phi) is 8.88. The molecule has 0 saturated heterocycles. The van der Waals surface area contributed by atoms with Gasteiger partial charge in [0.15, 0.2) is 0 Å². The van der Waals surface area contributed by atoms with Crippen LogP contribution < -0.4 is 5.73 Å². The molecule has 1 aliphatic rings. The molecule has 0 aromatic heterocycles. The molecule has 0 radical (unpaired) electrons. The maximum Gasteiger partial charge on any atom is 0.244 e. The van der Waals surface area contributed by atoms with Crippen molar-refractivity contribution < 1.29 is 4.79 Å². The van der Waals surface area contributed by atoms with Crippen LogP contribution in [0.4, 0.5) is 0 Å². The van der Waals surface area contributed by atoms with E-state index in [-0.39, 0.29) is 36.8 Å². The van der Waals surface area contributed by atoms with Crippen LogP contribution in [0.3, 0.4) is 0 Å². The molecule has 0 bridgehead atoms. The number of rotatable bonds is 3. The molecule has 2 N–H and O–H groups in total. The molecule has 0 aliphatic carbocycles. The quantitative estimate of drug-likeness (QED) is 0.844. The molecule has 1 rings (SSSR count). The first kappa shape index (κ1) is 18.1. The summed E-state index contributed by atoms with van der Waals surface area (Å²) in [4.78, 5) is 17.7. The van der Waals surface area contributed by atoms with Crippen LogP contribution in [0.1, 0.15) is 27.2 Å². The molecule has 16 heavy (non-hydrogen) atoms. The van der Waals surface area contributed by atoms with Crippen LogP contribution in [0.25, 0.3) is 0 Å². The van der Waals surface area contributed by atoms with E-state index in [9.17, 15) is 4.79 Å². The van der Waals surface area contributed by atoms with Gasteiger partial charge in [-0.2, -0.15) is 0 Å². The molecular weight excluding hydrogens is 249 g/mol. The minimum absolute atomic E-state index is 0. The van der Waals surface area contributed by atoms with Crippen LogP contribution >= 0.6 is 24.8 Å². The first-order valence-electron chi connectivity index (χ1n) is 5.10. The third-order valence-electron chi connectivity index (χ3n) is 2.36. The molecule has 1 amide bonds. The molecule has 0 spiro atoms. The fourth-order valence-corrected chi connectivity index (χ4v) is 1.64. The Morgan fingerprint density at radius 3 is 2.44 bits per heavy atom. The van der Waals surface area contributed by atoms with E-state index in [2.05, 4.69) is 18.8 Å². The number of nitrogens with zero attached hydrogens (tertiary/aromatic N) is 2. The summed E-state index contributed by atoms with van der Waals surface area (Å²) in [5, 5.41) is 0. The molecule has 4 nitrogen and oxygen atoms in total. The molecule has 1 aliphatic heterocycles. The first-order chi connectivity index (χ1) is 6.52. The maximum absolute atomic E-state index is 11.8. The number of amides is 1. The van der Waals surface area contributed by atoms with Crippen LogP contribution in [-0.2, 0) is 4.79 Å². The number of carbonyl (C=O) groups is 1. The Bertz CT molecular complexity index is 256. The lowest BCUT2D eigenvalue weighted by Crippen LogP contribution is -2.45. The lowest BCUT2D eigenvalue weighted by molar-refractivity contribution is -0.128. The van der Waals surface area contributed by atoms with Gasteiger partial charge in [0.25, 0.3) is 0 Å². The Morgan fingerprint density at radius 2 is 2.06 bits per heavy atom. The van der Waals surface area contributed by atoms with Gasteiger partial charge in [0.2, 0.25) is 5.91 Å². The molecule has 0 aromatic rings. The summed E-state index contributed by atoms with van der Waals surface area (Å²) in [5.74, 6) is 1.26. The molecule has 0 fully saturated rings. The summed E-state index contributed by atoms with van der Waals surface area (Å²) in [6, 6.07) is -0.377. The highest BCUT2D eigenvalue weighted by atomic mass is 35.5. The third-order valence-corrected chi connectivity index (χ3v) is 2.36. The topological polar surface area (TPSA) is 58.7 Å². The van der Waals surface area contributed by atoms with Crippen molar-refractivity contribution in [3.63, 3.8) is 0 Å². The van der Waals surface area contributed by atoms with Crippen molar-refractivity contribution in [2.45, 2.75) is 33.2 Å². The average Bonchev–Trinajstić information content (AvgIpc) is 2.48. The molecule has 1 atom stereocenters. The van der Waals surface area contributed by atoms with Crippen LogP contribution in [0.15, 0.2) is 4.99 Å². The van der Waals surface area contributed by atoms with Gasteiger partial charge in [-0.25, -0.2) is 0 Å². The van der Waals surface area contributed by atoms with Crippen molar-refractivity contribution in [3.05, 3.63) is 0 Å². The summed E-state index contributed by atoms with van der Waals surface area (Å²) >= 11 is 0. The van der Waals surface area contributed by atoms with E-state index in [0.29, 0.717) is 19.0 Å². The van der Waals surface area contributed by atoms with E-state index < -0.39 is 0 Å².